The van der Waals surface area contributed by atoms with Crippen molar-refractivity contribution in [1.29, 1.82) is 0 Å². The lowest BCUT2D eigenvalue weighted by atomic mass is 10.1. The minimum Gasteiger partial charge on any atom is -0.397 e. The molecular formula is C9H10Cl3N. The van der Waals surface area contributed by atoms with E-state index in [1.165, 1.54) is 0 Å². The Kier molecular flexibility index (Phi) is 3.33. The summed E-state index contributed by atoms with van der Waals surface area (Å²) in [5, 5.41) is 1.52. The second-order valence-corrected chi connectivity index (χ2v) is 3.95. The number of rotatable bonds is 1. The molecule has 1 aromatic rings. The highest BCUT2D eigenvalue weighted by Gasteiger charge is 2.15. The predicted octanol–water partition coefficient (Wildman–Crippen LogP) is 4.10. The number of hydrogen-bond donors (Lipinski definition) is 1. The van der Waals surface area contributed by atoms with E-state index in [2.05, 4.69) is 0 Å². The first kappa shape index (κ1) is 11.0. The third-order valence-electron chi connectivity index (χ3n) is 2.03. The van der Waals surface area contributed by atoms with Crippen LogP contribution in [-0.2, 0) is 6.42 Å². The molecule has 0 radical (unpaired) electrons. The Morgan fingerprint density at radius 3 is 2.08 bits per heavy atom. The van der Waals surface area contributed by atoms with Crippen LogP contribution in [0.1, 0.15) is 18.1 Å². The van der Waals surface area contributed by atoms with E-state index >= 15 is 0 Å². The summed E-state index contributed by atoms with van der Waals surface area (Å²) in [5.41, 5.74) is 7.89. The maximum Gasteiger partial charge on any atom is 0.0683 e. The maximum absolute atomic E-state index is 6.01. The zero-order valence-corrected chi connectivity index (χ0v) is 9.69. The topological polar surface area (TPSA) is 26.0 Å². The van der Waals surface area contributed by atoms with Gasteiger partial charge in [0.25, 0.3) is 0 Å². The summed E-state index contributed by atoms with van der Waals surface area (Å²) in [4.78, 5) is 0. The Morgan fingerprint density at radius 1 is 1.08 bits per heavy atom. The molecule has 0 amide bonds. The number of anilines is 1. The van der Waals surface area contributed by atoms with Gasteiger partial charge in [0.2, 0.25) is 0 Å². The van der Waals surface area contributed by atoms with Gasteiger partial charge in [-0.15, -0.1) is 0 Å². The second-order valence-electron chi connectivity index (χ2n) is 2.81. The molecule has 72 valence electrons. The molecule has 0 saturated heterocycles. The number of halogens is 3. The largest absolute Gasteiger partial charge is 0.397 e. The van der Waals surface area contributed by atoms with Crippen molar-refractivity contribution >= 4 is 40.5 Å². The van der Waals surface area contributed by atoms with Crippen molar-refractivity contribution < 1.29 is 0 Å². The van der Waals surface area contributed by atoms with Crippen molar-refractivity contribution in [2.45, 2.75) is 20.3 Å². The highest BCUT2D eigenvalue weighted by molar-refractivity contribution is 6.45. The summed E-state index contributed by atoms with van der Waals surface area (Å²) in [7, 11) is 0. The smallest absolute Gasteiger partial charge is 0.0683 e. The lowest BCUT2D eigenvalue weighted by Gasteiger charge is -2.12. The Labute approximate surface area is 92.8 Å². The molecule has 0 spiro atoms. The molecule has 0 aliphatic heterocycles. The van der Waals surface area contributed by atoms with Gasteiger partial charge in [-0.25, -0.2) is 0 Å². The molecule has 0 aliphatic rings. The molecule has 4 heteroatoms. The first-order valence-electron chi connectivity index (χ1n) is 3.92. The lowest BCUT2D eigenvalue weighted by molar-refractivity contribution is 1.14. The third-order valence-corrected chi connectivity index (χ3v) is 3.50. The van der Waals surface area contributed by atoms with Crippen molar-refractivity contribution in [3.63, 3.8) is 0 Å². The van der Waals surface area contributed by atoms with E-state index in [0.717, 1.165) is 17.5 Å². The third kappa shape index (κ3) is 1.74. The van der Waals surface area contributed by atoms with Gasteiger partial charge in [-0.05, 0) is 24.5 Å². The fourth-order valence-corrected chi connectivity index (χ4v) is 2.03. The van der Waals surface area contributed by atoms with Gasteiger partial charge in [0.05, 0.1) is 20.8 Å². The number of nitrogen functional groups attached to an aromatic ring is 1. The van der Waals surface area contributed by atoms with Crippen molar-refractivity contribution in [2.75, 3.05) is 5.73 Å². The van der Waals surface area contributed by atoms with E-state index in [-0.39, 0.29) is 0 Å². The standard InChI is InChI=1S/C9H10Cl3N/c1-3-5-8(12)6(10)4(2)7(11)9(5)13/h3,13H2,1-2H3. The van der Waals surface area contributed by atoms with Crippen LogP contribution in [0, 0.1) is 6.92 Å². The summed E-state index contributed by atoms with van der Waals surface area (Å²) in [5.74, 6) is 0. The van der Waals surface area contributed by atoms with E-state index in [1.807, 2.05) is 6.92 Å². The summed E-state index contributed by atoms with van der Waals surface area (Å²) in [6, 6.07) is 0. The van der Waals surface area contributed by atoms with E-state index in [9.17, 15) is 0 Å². The van der Waals surface area contributed by atoms with Gasteiger partial charge >= 0.3 is 0 Å². The van der Waals surface area contributed by atoms with Crippen molar-refractivity contribution in [1.82, 2.24) is 0 Å². The average molecular weight is 239 g/mol. The minimum atomic E-state index is 0.498. The highest BCUT2D eigenvalue weighted by Crippen LogP contribution is 2.39. The Bertz CT molecular complexity index is 318. The van der Waals surface area contributed by atoms with Gasteiger partial charge in [-0.1, -0.05) is 41.7 Å². The monoisotopic (exact) mass is 237 g/mol. The Balaban J connectivity index is 3.56. The van der Waals surface area contributed by atoms with Gasteiger partial charge in [0.15, 0.2) is 0 Å². The summed E-state index contributed by atoms with van der Waals surface area (Å²) in [6.07, 6.45) is 0.727. The SMILES string of the molecule is CCc1c(N)c(Cl)c(C)c(Cl)c1Cl. The van der Waals surface area contributed by atoms with Gasteiger partial charge in [0.1, 0.15) is 0 Å². The zero-order chi connectivity index (χ0) is 10.2. The zero-order valence-electron chi connectivity index (χ0n) is 7.42. The second kappa shape index (κ2) is 3.95. The van der Waals surface area contributed by atoms with Crippen LogP contribution in [0.2, 0.25) is 15.1 Å². The molecular weight excluding hydrogens is 228 g/mol. The quantitative estimate of drug-likeness (QED) is 0.578. The minimum absolute atomic E-state index is 0.498. The summed E-state index contributed by atoms with van der Waals surface area (Å²) >= 11 is 17.9. The van der Waals surface area contributed by atoms with E-state index in [1.54, 1.807) is 6.92 Å². The van der Waals surface area contributed by atoms with E-state index in [4.69, 9.17) is 40.5 Å². The first-order valence-corrected chi connectivity index (χ1v) is 5.05. The molecule has 0 aliphatic carbocycles. The number of hydrogen-bond acceptors (Lipinski definition) is 1. The van der Waals surface area contributed by atoms with Gasteiger partial charge in [-0.2, -0.15) is 0 Å². The molecule has 0 saturated carbocycles. The number of benzene rings is 1. The normalized spacial score (nSPS) is 10.5. The maximum atomic E-state index is 6.01. The van der Waals surface area contributed by atoms with Gasteiger partial charge < -0.3 is 5.73 Å². The molecule has 13 heavy (non-hydrogen) atoms. The molecule has 0 aromatic heterocycles. The van der Waals surface area contributed by atoms with Crippen LogP contribution < -0.4 is 5.73 Å². The van der Waals surface area contributed by atoms with Crippen molar-refractivity contribution in [3.8, 4) is 0 Å². The van der Waals surface area contributed by atoms with E-state index in [0.29, 0.717) is 20.8 Å². The van der Waals surface area contributed by atoms with Crippen LogP contribution in [-0.4, -0.2) is 0 Å². The number of nitrogens with two attached hydrogens (primary N) is 1. The van der Waals surface area contributed by atoms with Crippen LogP contribution in [0.15, 0.2) is 0 Å². The van der Waals surface area contributed by atoms with E-state index < -0.39 is 0 Å². The lowest BCUT2D eigenvalue weighted by Crippen LogP contribution is -1.98. The van der Waals surface area contributed by atoms with Crippen LogP contribution in [0.5, 0.6) is 0 Å². The molecule has 0 fully saturated rings. The Hall–Kier alpha value is -0.110. The first-order chi connectivity index (χ1) is 6.00. The fourth-order valence-electron chi connectivity index (χ4n) is 1.19. The summed E-state index contributed by atoms with van der Waals surface area (Å²) in [6.45, 7) is 3.76. The summed E-state index contributed by atoms with van der Waals surface area (Å²) < 4.78 is 0. The fraction of sp³-hybridized carbons (Fsp3) is 0.333. The molecule has 1 rings (SSSR count). The van der Waals surface area contributed by atoms with Crippen molar-refractivity contribution in [3.05, 3.63) is 26.2 Å². The van der Waals surface area contributed by atoms with Gasteiger partial charge in [0, 0.05) is 0 Å². The molecule has 0 atom stereocenters. The Morgan fingerprint density at radius 2 is 1.62 bits per heavy atom. The van der Waals surface area contributed by atoms with Crippen LogP contribution in [0.3, 0.4) is 0 Å². The molecule has 0 bridgehead atoms. The molecule has 0 unspecified atom stereocenters. The molecule has 2 N–H and O–H groups in total. The van der Waals surface area contributed by atoms with Crippen LogP contribution in [0.25, 0.3) is 0 Å². The van der Waals surface area contributed by atoms with Crippen LogP contribution >= 0.6 is 34.8 Å². The molecule has 0 heterocycles. The average Bonchev–Trinajstić information content (AvgIpc) is 2.13. The van der Waals surface area contributed by atoms with Crippen LogP contribution in [0.4, 0.5) is 5.69 Å². The predicted molar refractivity (Wildman–Crippen MR) is 60.0 cm³/mol. The molecule has 1 nitrogen and oxygen atoms in total. The van der Waals surface area contributed by atoms with Gasteiger partial charge in [-0.3, -0.25) is 0 Å². The highest BCUT2D eigenvalue weighted by atomic mass is 35.5. The molecule has 1 aromatic carbocycles. The van der Waals surface area contributed by atoms with Crippen molar-refractivity contribution in [2.24, 2.45) is 0 Å².